The summed E-state index contributed by atoms with van der Waals surface area (Å²) in [5.74, 6) is 0.683. The number of hydrogen-bond acceptors (Lipinski definition) is 4. The molecule has 1 aromatic rings. The van der Waals surface area contributed by atoms with Crippen molar-refractivity contribution in [3.05, 3.63) is 41.6 Å². The van der Waals surface area contributed by atoms with Crippen molar-refractivity contribution in [1.29, 1.82) is 5.41 Å². The SMILES string of the molecule is COc1ccc(CN/C=C(\C=N)C(=O)C(C)C)cc1. The van der Waals surface area contributed by atoms with Gasteiger partial charge in [0.15, 0.2) is 5.78 Å². The number of allylic oxidation sites excluding steroid dienone is 1. The Morgan fingerprint density at radius 2 is 2.00 bits per heavy atom. The van der Waals surface area contributed by atoms with Crippen molar-refractivity contribution in [2.45, 2.75) is 20.4 Å². The molecule has 0 aliphatic rings. The number of Topliss-reactive ketones (excluding diaryl/α,β-unsaturated/α-hetero) is 1. The van der Waals surface area contributed by atoms with Gasteiger partial charge in [-0.2, -0.15) is 0 Å². The lowest BCUT2D eigenvalue weighted by Gasteiger charge is -2.06. The van der Waals surface area contributed by atoms with Crippen LogP contribution < -0.4 is 10.1 Å². The predicted octanol–water partition coefficient (Wildman–Crippen LogP) is 2.54. The number of carbonyl (C=O) groups is 1. The van der Waals surface area contributed by atoms with Gasteiger partial charge in [0.25, 0.3) is 0 Å². The molecule has 0 amide bonds. The number of carbonyl (C=O) groups excluding carboxylic acids is 1. The molecule has 2 N–H and O–H groups in total. The molecule has 0 heterocycles. The molecular formula is C15H20N2O2. The van der Waals surface area contributed by atoms with E-state index < -0.39 is 0 Å². The Morgan fingerprint density at radius 3 is 2.47 bits per heavy atom. The number of methoxy groups -OCH3 is 1. The monoisotopic (exact) mass is 260 g/mol. The number of benzene rings is 1. The van der Waals surface area contributed by atoms with Gasteiger partial charge >= 0.3 is 0 Å². The molecule has 0 aliphatic carbocycles. The van der Waals surface area contributed by atoms with E-state index in [0.29, 0.717) is 12.1 Å². The van der Waals surface area contributed by atoms with E-state index in [-0.39, 0.29) is 11.7 Å². The van der Waals surface area contributed by atoms with Gasteiger partial charge in [-0.15, -0.1) is 0 Å². The fourth-order valence-electron chi connectivity index (χ4n) is 1.54. The zero-order chi connectivity index (χ0) is 14.3. The van der Waals surface area contributed by atoms with Crippen molar-refractivity contribution in [2.24, 2.45) is 5.92 Å². The Balaban J connectivity index is 2.59. The topological polar surface area (TPSA) is 62.2 Å². The van der Waals surface area contributed by atoms with E-state index in [2.05, 4.69) is 5.32 Å². The van der Waals surface area contributed by atoms with Gasteiger partial charge < -0.3 is 15.5 Å². The van der Waals surface area contributed by atoms with Gasteiger partial charge in [0.2, 0.25) is 0 Å². The lowest BCUT2D eigenvalue weighted by atomic mass is 10.0. The molecule has 4 nitrogen and oxygen atoms in total. The van der Waals surface area contributed by atoms with Gasteiger partial charge in [0, 0.05) is 24.9 Å². The van der Waals surface area contributed by atoms with Crippen LogP contribution in [-0.4, -0.2) is 19.1 Å². The largest absolute Gasteiger partial charge is 0.497 e. The molecule has 4 heteroatoms. The van der Waals surface area contributed by atoms with E-state index in [1.807, 2.05) is 38.1 Å². The van der Waals surface area contributed by atoms with Gasteiger partial charge in [0.1, 0.15) is 5.75 Å². The normalized spacial score (nSPS) is 11.3. The van der Waals surface area contributed by atoms with Crippen LogP contribution in [0.15, 0.2) is 36.0 Å². The summed E-state index contributed by atoms with van der Waals surface area (Å²) in [7, 11) is 1.63. The molecule has 102 valence electrons. The van der Waals surface area contributed by atoms with Gasteiger partial charge in [-0.05, 0) is 17.7 Å². The molecule has 0 saturated heterocycles. The third-order valence-corrected chi connectivity index (χ3v) is 2.69. The first-order chi connectivity index (χ1) is 9.08. The minimum Gasteiger partial charge on any atom is -0.497 e. The van der Waals surface area contributed by atoms with Crippen LogP contribution in [0.5, 0.6) is 5.75 Å². The molecule has 0 radical (unpaired) electrons. The Labute approximate surface area is 114 Å². The standard InChI is InChI=1S/C15H20N2O2/c1-11(2)15(18)13(8-16)10-17-9-12-4-6-14(19-3)7-5-12/h4-8,10-11,16-17H,9H2,1-3H3/b13-10+,16-8?. The average Bonchev–Trinajstić information content (AvgIpc) is 2.43. The summed E-state index contributed by atoms with van der Waals surface area (Å²) in [5, 5.41) is 10.3. The fraction of sp³-hybridized carbons (Fsp3) is 0.333. The first kappa shape index (κ1) is 15.0. The molecule has 0 bridgehead atoms. The van der Waals surface area contributed by atoms with Gasteiger partial charge in [-0.3, -0.25) is 4.79 Å². The van der Waals surface area contributed by atoms with Crippen LogP contribution in [0.2, 0.25) is 0 Å². The van der Waals surface area contributed by atoms with Gasteiger partial charge in [-0.1, -0.05) is 26.0 Å². The van der Waals surface area contributed by atoms with Crippen molar-refractivity contribution < 1.29 is 9.53 Å². The Morgan fingerprint density at radius 1 is 1.37 bits per heavy atom. The van der Waals surface area contributed by atoms with E-state index in [1.54, 1.807) is 13.3 Å². The average molecular weight is 260 g/mol. The molecule has 1 rings (SSSR count). The Hall–Kier alpha value is -2.10. The zero-order valence-corrected chi connectivity index (χ0v) is 11.6. The third kappa shape index (κ3) is 4.58. The summed E-state index contributed by atoms with van der Waals surface area (Å²) in [4.78, 5) is 11.7. The lowest BCUT2D eigenvalue weighted by molar-refractivity contribution is -0.117. The van der Waals surface area contributed by atoms with Gasteiger partial charge in [-0.25, -0.2) is 0 Å². The van der Waals surface area contributed by atoms with Crippen LogP contribution in [0.1, 0.15) is 19.4 Å². The van der Waals surface area contributed by atoms with Crippen molar-refractivity contribution in [3.8, 4) is 5.75 Å². The molecule has 0 saturated carbocycles. The maximum Gasteiger partial charge on any atom is 0.168 e. The smallest absolute Gasteiger partial charge is 0.168 e. The van der Waals surface area contributed by atoms with Crippen molar-refractivity contribution in [3.63, 3.8) is 0 Å². The summed E-state index contributed by atoms with van der Waals surface area (Å²) >= 11 is 0. The highest BCUT2D eigenvalue weighted by molar-refractivity contribution is 6.13. The van der Waals surface area contributed by atoms with Crippen LogP contribution in [0.3, 0.4) is 0 Å². The Bertz CT molecular complexity index is 462. The van der Waals surface area contributed by atoms with Crippen molar-refractivity contribution >= 4 is 12.0 Å². The first-order valence-electron chi connectivity index (χ1n) is 6.19. The van der Waals surface area contributed by atoms with E-state index in [0.717, 1.165) is 17.5 Å². The minimum atomic E-state index is -0.101. The molecule has 0 fully saturated rings. The number of ether oxygens (including phenoxy) is 1. The minimum absolute atomic E-state index is 0.0303. The molecular weight excluding hydrogens is 240 g/mol. The summed E-state index contributed by atoms with van der Waals surface area (Å²) < 4.78 is 5.08. The second kappa shape index (κ2) is 7.36. The van der Waals surface area contributed by atoms with Crippen LogP contribution in [0.4, 0.5) is 0 Å². The maximum atomic E-state index is 11.7. The molecule has 0 aliphatic heterocycles. The number of rotatable bonds is 7. The molecule has 0 aromatic heterocycles. The number of nitrogens with one attached hydrogen (secondary N) is 2. The zero-order valence-electron chi connectivity index (χ0n) is 11.6. The summed E-state index contributed by atoms with van der Waals surface area (Å²) in [6.07, 6.45) is 2.68. The second-order valence-corrected chi connectivity index (χ2v) is 4.49. The van der Waals surface area contributed by atoms with Gasteiger partial charge in [0.05, 0.1) is 12.7 Å². The van der Waals surface area contributed by atoms with E-state index in [1.165, 1.54) is 0 Å². The fourth-order valence-corrected chi connectivity index (χ4v) is 1.54. The van der Waals surface area contributed by atoms with Crippen LogP contribution in [-0.2, 0) is 11.3 Å². The summed E-state index contributed by atoms with van der Waals surface area (Å²) in [6, 6.07) is 7.68. The first-order valence-corrected chi connectivity index (χ1v) is 6.19. The highest BCUT2D eigenvalue weighted by Crippen LogP contribution is 2.11. The summed E-state index contributed by atoms with van der Waals surface area (Å²) in [5.41, 5.74) is 1.47. The van der Waals surface area contributed by atoms with Crippen LogP contribution in [0, 0.1) is 11.3 Å². The highest BCUT2D eigenvalue weighted by Gasteiger charge is 2.10. The molecule has 1 aromatic carbocycles. The molecule has 19 heavy (non-hydrogen) atoms. The highest BCUT2D eigenvalue weighted by atomic mass is 16.5. The van der Waals surface area contributed by atoms with E-state index in [4.69, 9.17) is 10.1 Å². The summed E-state index contributed by atoms with van der Waals surface area (Å²) in [6.45, 7) is 4.25. The number of hydrogen-bond donors (Lipinski definition) is 2. The quantitative estimate of drug-likeness (QED) is 0.585. The van der Waals surface area contributed by atoms with E-state index in [9.17, 15) is 4.79 Å². The van der Waals surface area contributed by atoms with Crippen molar-refractivity contribution in [2.75, 3.05) is 7.11 Å². The maximum absolute atomic E-state index is 11.7. The molecule has 0 unspecified atom stereocenters. The predicted molar refractivity (Wildman–Crippen MR) is 76.5 cm³/mol. The molecule has 0 spiro atoms. The molecule has 0 atom stereocenters. The van der Waals surface area contributed by atoms with Crippen LogP contribution >= 0.6 is 0 Å². The lowest BCUT2D eigenvalue weighted by Crippen LogP contribution is -2.15. The Kier molecular flexibility index (Phi) is 5.79. The van der Waals surface area contributed by atoms with Crippen LogP contribution in [0.25, 0.3) is 0 Å². The van der Waals surface area contributed by atoms with Crippen molar-refractivity contribution in [1.82, 2.24) is 5.32 Å². The second-order valence-electron chi connectivity index (χ2n) is 4.49. The van der Waals surface area contributed by atoms with E-state index >= 15 is 0 Å². The third-order valence-electron chi connectivity index (χ3n) is 2.69. The number of ketones is 1.